The van der Waals surface area contributed by atoms with Gasteiger partial charge in [0, 0.05) is 13.5 Å². The number of benzene rings is 2. The average molecular weight is 415 g/mol. The molecule has 0 aliphatic heterocycles. The third kappa shape index (κ3) is 5.39. The van der Waals surface area contributed by atoms with E-state index in [0.717, 1.165) is 5.56 Å². The fraction of sp³-hybridized carbons (Fsp3) is 0.190. The van der Waals surface area contributed by atoms with Gasteiger partial charge < -0.3 is 18.2 Å². The minimum Gasteiger partial charge on any atom is -0.497 e. The van der Waals surface area contributed by atoms with Crippen molar-refractivity contribution in [2.75, 3.05) is 7.11 Å². The Labute approximate surface area is 169 Å². The number of rotatable bonds is 8. The molecule has 29 heavy (non-hydrogen) atoms. The lowest BCUT2D eigenvalue weighted by Gasteiger charge is -2.20. The Kier molecular flexibility index (Phi) is 6.23. The van der Waals surface area contributed by atoms with Crippen molar-refractivity contribution in [3.8, 4) is 11.5 Å². The molecule has 1 aromatic heterocycles. The summed E-state index contributed by atoms with van der Waals surface area (Å²) in [4.78, 5) is 13.6. The SMILES string of the molecule is COc1ccc(S(=O)(=O)Oc2ccc(CN(Cc3ccco3)C(C)=O)cc2)cc1. The van der Waals surface area contributed by atoms with Gasteiger partial charge in [0.25, 0.3) is 0 Å². The van der Waals surface area contributed by atoms with Crippen molar-refractivity contribution < 1.29 is 26.5 Å². The van der Waals surface area contributed by atoms with Gasteiger partial charge in [-0.05, 0) is 54.1 Å². The summed E-state index contributed by atoms with van der Waals surface area (Å²) in [6, 6.07) is 16.1. The van der Waals surface area contributed by atoms with Crippen LogP contribution in [0.5, 0.6) is 11.5 Å². The second-order valence-electron chi connectivity index (χ2n) is 6.31. The Balaban J connectivity index is 1.67. The van der Waals surface area contributed by atoms with E-state index in [4.69, 9.17) is 13.3 Å². The van der Waals surface area contributed by atoms with Crippen LogP contribution in [0.2, 0.25) is 0 Å². The van der Waals surface area contributed by atoms with Crippen molar-refractivity contribution >= 4 is 16.0 Å². The molecular weight excluding hydrogens is 394 g/mol. The first-order chi connectivity index (χ1) is 13.9. The highest BCUT2D eigenvalue weighted by molar-refractivity contribution is 7.87. The zero-order chi connectivity index (χ0) is 20.9. The minimum atomic E-state index is -3.95. The molecule has 0 saturated carbocycles. The normalized spacial score (nSPS) is 11.1. The molecule has 0 aliphatic rings. The Morgan fingerprint density at radius 3 is 2.17 bits per heavy atom. The van der Waals surface area contributed by atoms with E-state index in [1.165, 1.54) is 26.2 Å². The smallest absolute Gasteiger partial charge is 0.339 e. The first-order valence-corrected chi connectivity index (χ1v) is 10.2. The second-order valence-corrected chi connectivity index (χ2v) is 7.86. The summed E-state index contributed by atoms with van der Waals surface area (Å²) in [7, 11) is -2.45. The van der Waals surface area contributed by atoms with Gasteiger partial charge in [0.1, 0.15) is 22.2 Å². The van der Waals surface area contributed by atoms with Crippen LogP contribution in [0.15, 0.2) is 76.2 Å². The van der Waals surface area contributed by atoms with Gasteiger partial charge in [-0.1, -0.05) is 12.1 Å². The van der Waals surface area contributed by atoms with Crippen LogP contribution in [0.1, 0.15) is 18.2 Å². The summed E-state index contributed by atoms with van der Waals surface area (Å²) in [5, 5.41) is 0. The van der Waals surface area contributed by atoms with E-state index in [1.807, 2.05) is 0 Å². The molecule has 0 atom stereocenters. The molecule has 3 aromatic rings. The van der Waals surface area contributed by atoms with Crippen LogP contribution in [0, 0.1) is 0 Å². The highest BCUT2D eigenvalue weighted by Gasteiger charge is 2.17. The van der Waals surface area contributed by atoms with Crippen LogP contribution in [0.4, 0.5) is 0 Å². The minimum absolute atomic E-state index is 0.0311. The molecule has 0 unspecified atom stereocenters. The molecule has 3 rings (SSSR count). The number of furan rings is 1. The molecule has 8 heteroatoms. The Hall–Kier alpha value is -3.26. The van der Waals surface area contributed by atoms with Gasteiger partial charge in [0.05, 0.1) is 19.9 Å². The fourth-order valence-corrected chi connectivity index (χ4v) is 3.59. The number of amides is 1. The van der Waals surface area contributed by atoms with E-state index in [9.17, 15) is 13.2 Å². The standard InChI is InChI=1S/C21H21NO6S/c1-16(23)22(15-20-4-3-13-27-20)14-17-5-7-19(8-6-17)28-29(24,25)21-11-9-18(26-2)10-12-21/h3-13H,14-15H2,1-2H3. The van der Waals surface area contributed by atoms with E-state index in [0.29, 0.717) is 24.6 Å². The van der Waals surface area contributed by atoms with Crippen molar-refractivity contribution in [3.05, 3.63) is 78.3 Å². The van der Waals surface area contributed by atoms with Crippen molar-refractivity contribution in [3.63, 3.8) is 0 Å². The molecule has 152 valence electrons. The maximum absolute atomic E-state index is 12.4. The fourth-order valence-electron chi connectivity index (χ4n) is 2.66. The molecule has 0 aliphatic carbocycles. The predicted molar refractivity (Wildman–Crippen MR) is 106 cm³/mol. The first kappa shape index (κ1) is 20.5. The molecule has 1 heterocycles. The van der Waals surface area contributed by atoms with Crippen LogP contribution >= 0.6 is 0 Å². The molecule has 0 radical (unpaired) electrons. The topological polar surface area (TPSA) is 86.1 Å². The third-order valence-corrected chi connectivity index (χ3v) is 5.48. The van der Waals surface area contributed by atoms with E-state index in [-0.39, 0.29) is 16.6 Å². The van der Waals surface area contributed by atoms with E-state index in [2.05, 4.69) is 0 Å². The number of hydrogen-bond donors (Lipinski definition) is 0. The lowest BCUT2D eigenvalue weighted by atomic mass is 10.2. The van der Waals surface area contributed by atoms with E-state index in [1.54, 1.807) is 59.7 Å². The molecule has 2 aromatic carbocycles. The number of carbonyl (C=O) groups excluding carboxylic acids is 1. The van der Waals surface area contributed by atoms with Crippen LogP contribution in [0.3, 0.4) is 0 Å². The van der Waals surface area contributed by atoms with Gasteiger partial charge in [-0.15, -0.1) is 0 Å². The van der Waals surface area contributed by atoms with Crippen molar-refractivity contribution in [1.82, 2.24) is 4.90 Å². The van der Waals surface area contributed by atoms with Gasteiger partial charge in [0.2, 0.25) is 5.91 Å². The van der Waals surface area contributed by atoms with E-state index >= 15 is 0 Å². The van der Waals surface area contributed by atoms with Crippen LogP contribution in [0.25, 0.3) is 0 Å². The lowest BCUT2D eigenvalue weighted by molar-refractivity contribution is -0.130. The maximum Gasteiger partial charge on any atom is 0.339 e. The monoisotopic (exact) mass is 415 g/mol. The maximum atomic E-state index is 12.4. The molecular formula is C21H21NO6S. The van der Waals surface area contributed by atoms with Gasteiger partial charge in [0.15, 0.2) is 0 Å². The summed E-state index contributed by atoms with van der Waals surface area (Å²) < 4.78 is 40.3. The number of hydrogen-bond acceptors (Lipinski definition) is 6. The quantitative estimate of drug-likeness (QED) is 0.523. The summed E-state index contributed by atoms with van der Waals surface area (Å²) in [6.07, 6.45) is 1.56. The van der Waals surface area contributed by atoms with Crippen LogP contribution in [-0.4, -0.2) is 26.3 Å². The molecule has 0 fully saturated rings. The number of ether oxygens (including phenoxy) is 1. The van der Waals surface area contributed by atoms with Gasteiger partial charge in [-0.2, -0.15) is 8.42 Å². The predicted octanol–water partition coefficient (Wildman–Crippen LogP) is 3.60. The zero-order valence-electron chi connectivity index (χ0n) is 16.1. The molecule has 0 bridgehead atoms. The van der Waals surface area contributed by atoms with Gasteiger partial charge >= 0.3 is 10.1 Å². The highest BCUT2D eigenvalue weighted by atomic mass is 32.2. The average Bonchev–Trinajstić information content (AvgIpc) is 3.22. The number of nitrogens with zero attached hydrogens (tertiary/aromatic N) is 1. The molecule has 0 saturated heterocycles. The summed E-state index contributed by atoms with van der Waals surface area (Å²) in [5.74, 6) is 1.33. The molecule has 0 N–H and O–H groups in total. The van der Waals surface area contributed by atoms with Crippen molar-refractivity contribution in [2.24, 2.45) is 0 Å². The molecule has 7 nitrogen and oxygen atoms in total. The summed E-state index contributed by atoms with van der Waals surface area (Å²) in [5.41, 5.74) is 0.834. The van der Waals surface area contributed by atoms with Crippen LogP contribution < -0.4 is 8.92 Å². The third-order valence-electron chi connectivity index (χ3n) is 4.22. The number of carbonyl (C=O) groups is 1. The lowest BCUT2D eigenvalue weighted by Crippen LogP contribution is -2.27. The van der Waals surface area contributed by atoms with Crippen LogP contribution in [-0.2, 0) is 28.0 Å². The van der Waals surface area contributed by atoms with Crippen molar-refractivity contribution in [1.29, 1.82) is 0 Å². The number of methoxy groups -OCH3 is 1. The van der Waals surface area contributed by atoms with E-state index < -0.39 is 10.1 Å². The highest BCUT2D eigenvalue weighted by Crippen LogP contribution is 2.22. The largest absolute Gasteiger partial charge is 0.497 e. The zero-order valence-corrected chi connectivity index (χ0v) is 16.9. The second kappa shape index (κ2) is 8.83. The Morgan fingerprint density at radius 1 is 0.966 bits per heavy atom. The summed E-state index contributed by atoms with van der Waals surface area (Å²) >= 11 is 0. The van der Waals surface area contributed by atoms with Crippen molar-refractivity contribution in [2.45, 2.75) is 24.9 Å². The first-order valence-electron chi connectivity index (χ1n) is 8.83. The van der Waals surface area contributed by atoms with Gasteiger partial charge in [-0.25, -0.2) is 0 Å². The Bertz CT molecular complexity index is 1040. The molecule has 1 amide bonds. The summed E-state index contributed by atoms with van der Waals surface area (Å²) in [6.45, 7) is 2.20. The Morgan fingerprint density at radius 2 is 1.62 bits per heavy atom. The molecule has 0 spiro atoms. The van der Waals surface area contributed by atoms with Gasteiger partial charge in [-0.3, -0.25) is 4.79 Å².